The van der Waals surface area contributed by atoms with Crippen LogP contribution < -0.4 is 0 Å². The van der Waals surface area contributed by atoms with E-state index < -0.39 is 0 Å². The Kier molecular flexibility index (Phi) is 3.56. The predicted molar refractivity (Wildman–Crippen MR) is 77.0 cm³/mol. The van der Waals surface area contributed by atoms with Gasteiger partial charge >= 0.3 is 0 Å². The van der Waals surface area contributed by atoms with Crippen molar-refractivity contribution in [2.45, 2.75) is 33.6 Å². The first kappa shape index (κ1) is 13.5. The number of carbonyl (C=O) groups is 1. The quantitative estimate of drug-likeness (QED) is 0.817. The fourth-order valence-corrected chi connectivity index (χ4v) is 2.29. The minimum absolute atomic E-state index is 0.0360. The molecule has 1 aliphatic carbocycles. The Hall–Kier alpha value is -1.90. The molecule has 1 aliphatic rings. The highest BCUT2D eigenvalue weighted by Gasteiger charge is 2.32. The number of benzene rings is 1. The molecule has 3 nitrogen and oxygen atoms in total. The Bertz CT molecular complexity index is 568. The number of para-hydroxylation sites is 1. The monoisotopic (exact) mass is 257 g/mol. The van der Waals surface area contributed by atoms with E-state index in [-0.39, 0.29) is 17.0 Å². The summed E-state index contributed by atoms with van der Waals surface area (Å²) < 4.78 is 0. The number of nitrogens with zero attached hydrogens (tertiary/aromatic N) is 1. The van der Waals surface area contributed by atoms with E-state index in [1.165, 1.54) is 6.21 Å². The first-order chi connectivity index (χ1) is 8.89. The summed E-state index contributed by atoms with van der Waals surface area (Å²) in [5, 5.41) is 9.99. The lowest BCUT2D eigenvalue weighted by Gasteiger charge is -2.28. The maximum absolute atomic E-state index is 12.0. The molecular formula is C16H19NO2. The molecule has 19 heavy (non-hydrogen) atoms. The first-order valence-corrected chi connectivity index (χ1v) is 6.44. The highest BCUT2D eigenvalue weighted by molar-refractivity contribution is 6.14. The van der Waals surface area contributed by atoms with Crippen molar-refractivity contribution in [2.75, 3.05) is 0 Å². The van der Waals surface area contributed by atoms with Gasteiger partial charge in [0.2, 0.25) is 0 Å². The van der Waals surface area contributed by atoms with Gasteiger partial charge in [-0.2, -0.15) is 0 Å². The van der Waals surface area contributed by atoms with E-state index in [0.29, 0.717) is 18.4 Å². The van der Waals surface area contributed by atoms with Gasteiger partial charge in [0.25, 0.3) is 0 Å². The van der Waals surface area contributed by atoms with Crippen LogP contribution in [0.25, 0.3) is 0 Å². The Morgan fingerprint density at radius 2 is 1.95 bits per heavy atom. The molecule has 3 heteroatoms. The van der Waals surface area contributed by atoms with Gasteiger partial charge in [-0.1, -0.05) is 32.0 Å². The first-order valence-electron chi connectivity index (χ1n) is 6.44. The lowest BCUT2D eigenvalue weighted by molar-refractivity contribution is -0.117. The maximum Gasteiger partial charge on any atom is 0.168 e. The number of ketones is 1. The molecular weight excluding hydrogens is 238 g/mol. The van der Waals surface area contributed by atoms with Crippen molar-refractivity contribution < 1.29 is 9.90 Å². The van der Waals surface area contributed by atoms with E-state index in [1.54, 1.807) is 0 Å². The summed E-state index contributed by atoms with van der Waals surface area (Å²) in [6.45, 7) is 5.93. The molecule has 0 saturated heterocycles. The Morgan fingerprint density at radius 3 is 2.58 bits per heavy atom. The second kappa shape index (κ2) is 5.00. The van der Waals surface area contributed by atoms with Crippen LogP contribution in [0, 0.1) is 12.3 Å². The van der Waals surface area contributed by atoms with Crippen LogP contribution >= 0.6 is 0 Å². The van der Waals surface area contributed by atoms with Crippen molar-refractivity contribution >= 4 is 17.7 Å². The van der Waals surface area contributed by atoms with E-state index in [4.69, 9.17) is 0 Å². The lowest BCUT2D eigenvalue weighted by Crippen LogP contribution is -2.26. The molecule has 0 aliphatic heterocycles. The van der Waals surface area contributed by atoms with Crippen LogP contribution in [0.3, 0.4) is 0 Å². The van der Waals surface area contributed by atoms with Crippen LogP contribution in [0.2, 0.25) is 0 Å². The van der Waals surface area contributed by atoms with Gasteiger partial charge in [0.1, 0.15) is 5.76 Å². The van der Waals surface area contributed by atoms with Gasteiger partial charge in [0.15, 0.2) is 5.78 Å². The van der Waals surface area contributed by atoms with Gasteiger partial charge < -0.3 is 5.11 Å². The summed E-state index contributed by atoms with van der Waals surface area (Å²) in [4.78, 5) is 16.3. The zero-order valence-corrected chi connectivity index (χ0v) is 11.6. The normalized spacial score (nSPS) is 19.2. The van der Waals surface area contributed by atoms with Gasteiger partial charge in [-0.3, -0.25) is 9.79 Å². The minimum atomic E-state index is -0.166. The second-order valence-electron chi connectivity index (χ2n) is 5.85. The third-order valence-corrected chi connectivity index (χ3v) is 3.34. The van der Waals surface area contributed by atoms with Crippen LogP contribution in [0.15, 0.2) is 40.6 Å². The molecule has 1 N–H and O–H groups in total. The summed E-state index contributed by atoms with van der Waals surface area (Å²) >= 11 is 0. The zero-order chi connectivity index (χ0) is 14.0. The van der Waals surface area contributed by atoms with Crippen LogP contribution in [0.1, 0.15) is 32.3 Å². The third kappa shape index (κ3) is 3.11. The van der Waals surface area contributed by atoms with Gasteiger partial charge in [-0.15, -0.1) is 0 Å². The SMILES string of the molecule is Cc1ccccc1N=CC1=C(O)CC(C)(C)CC1=O. The molecule has 0 saturated carbocycles. The molecule has 0 amide bonds. The van der Waals surface area contributed by atoms with Crippen LogP contribution in [-0.2, 0) is 4.79 Å². The molecule has 0 heterocycles. The third-order valence-electron chi connectivity index (χ3n) is 3.34. The van der Waals surface area contributed by atoms with Gasteiger partial charge in [-0.25, -0.2) is 0 Å². The molecule has 2 rings (SSSR count). The van der Waals surface area contributed by atoms with Gasteiger partial charge in [0, 0.05) is 19.1 Å². The molecule has 0 radical (unpaired) electrons. The second-order valence-corrected chi connectivity index (χ2v) is 5.85. The zero-order valence-electron chi connectivity index (χ0n) is 11.6. The van der Waals surface area contributed by atoms with E-state index in [2.05, 4.69) is 4.99 Å². The van der Waals surface area contributed by atoms with Crippen molar-refractivity contribution in [3.05, 3.63) is 41.2 Å². The Morgan fingerprint density at radius 1 is 1.26 bits per heavy atom. The molecule has 1 aromatic rings. The van der Waals surface area contributed by atoms with E-state index >= 15 is 0 Å². The Balaban J connectivity index is 2.28. The molecule has 100 valence electrons. The molecule has 0 atom stereocenters. The molecule has 1 aromatic carbocycles. The number of rotatable bonds is 2. The maximum atomic E-state index is 12.0. The van der Waals surface area contributed by atoms with E-state index in [1.807, 2.05) is 45.0 Å². The summed E-state index contributed by atoms with van der Waals surface area (Å²) in [5.41, 5.74) is 2.05. The fraction of sp³-hybridized carbons (Fsp3) is 0.375. The largest absolute Gasteiger partial charge is 0.511 e. The standard InChI is InChI=1S/C16H19NO2/c1-11-6-4-5-7-13(11)17-10-12-14(18)8-16(2,3)9-15(12)19/h4-7,10,18H,8-9H2,1-3H3. The predicted octanol–water partition coefficient (Wildman–Crippen LogP) is 3.90. The average molecular weight is 257 g/mol. The van der Waals surface area contributed by atoms with E-state index in [0.717, 1.165) is 11.3 Å². The molecule has 0 bridgehead atoms. The topological polar surface area (TPSA) is 49.7 Å². The van der Waals surface area contributed by atoms with Crippen molar-refractivity contribution in [3.63, 3.8) is 0 Å². The van der Waals surface area contributed by atoms with Gasteiger partial charge in [-0.05, 0) is 24.0 Å². The number of aliphatic hydroxyl groups is 1. The summed E-state index contributed by atoms with van der Waals surface area (Å²) in [6, 6.07) is 7.70. The molecule has 0 unspecified atom stereocenters. The minimum Gasteiger partial charge on any atom is -0.511 e. The van der Waals surface area contributed by atoms with Crippen LogP contribution in [0.5, 0.6) is 0 Å². The number of allylic oxidation sites excluding steroid dienone is 2. The van der Waals surface area contributed by atoms with Crippen molar-refractivity contribution in [3.8, 4) is 0 Å². The van der Waals surface area contributed by atoms with Crippen molar-refractivity contribution in [1.82, 2.24) is 0 Å². The van der Waals surface area contributed by atoms with Crippen molar-refractivity contribution in [1.29, 1.82) is 0 Å². The number of Topliss-reactive ketones (excluding diaryl/α,β-unsaturated/α-hetero) is 1. The number of aliphatic imine (C=N–C) groups is 1. The van der Waals surface area contributed by atoms with Crippen LogP contribution in [0.4, 0.5) is 5.69 Å². The lowest BCUT2D eigenvalue weighted by atomic mass is 9.77. The highest BCUT2D eigenvalue weighted by atomic mass is 16.3. The summed E-state index contributed by atoms with van der Waals surface area (Å²) in [5.74, 6) is 0.115. The highest BCUT2D eigenvalue weighted by Crippen LogP contribution is 2.35. The number of aliphatic hydroxyl groups excluding tert-OH is 1. The summed E-state index contributed by atoms with van der Waals surface area (Å²) in [6.07, 6.45) is 2.47. The van der Waals surface area contributed by atoms with Crippen molar-refractivity contribution in [2.24, 2.45) is 10.4 Å². The molecule has 0 spiro atoms. The fourth-order valence-electron chi connectivity index (χ4n) is 2.29. The van der Waals surface area contributed by atoms with E-state index in [9.17, 15) is 9.90 Å². The number of hydrogen-bond donors (Lipinski definition) is 1. The molecule has 0 aromatic heterocycles. The van der Waals surface area contributed by atoms with Crippen LogP contribution in [-0.4, -0.2) is 17.1 Å². The summed E-state index contributed by atoms with van der Waals surface area (Å²) in [7, 11) is 0. The number of hydrogen-bond acceptors (Lipinski definition) is 3. The Labute approximate surface area is 113 Å². The smallest absolute Gasteiger partial charge is 0.168 e. The number of aryl methyl sites for hydroxylation is 1. The average Bonchev–Trinajstić information content (AvgIpc) is 2.28. The number of carbonyl (C=O) groups excluding carboxylic acids is 1. The van der Waals surface area contributed by atoms with Gasteiger partial charge in [0.05, 0.1) is 11.3 Å². The molecule has 0 fully saturated rings.